The van der Waals surface area contributed by atoms with Gasteiger partial charge in [0.1, 0.15) is 0 Å². The molecule has 1 aliphatic heterocycles. The van der Waals surface area contributed by atoms with E-state index in [0.29, 0.717) is 11.8 Å². The molecule has 1 fully saturated rings. The number of hydrogen-bond donors (Lipinski definition) is 0. The zero-order valence-corrected chi connectivity index (χ0v) is 11.4. The number of rotatable bonds is 2. The molecule has 1 saturated heterocycles. The zero-order chi connectivity index (χ0) is 13.0. The first-order valence-electron chi connectivity index (χ1n) is 7.02. The Labute approximate surface area is 110 Å². The van der Waals surface area contributed by atoms with Crippen LogP contribution in [0.25, 0.3) is 0 Å². The number of hydrogen-bond acceptors (Lipinski definition) is 1. The maximum Gasteiger partial charge on any atom is 0.225 e. The molecule has 1 aromatic carbocycles. The number of benzene rings is 1. The number of carbonyl (C=O) groups excluding carboxylic acids is 1. The highest BCUT2D eigenvalue weighted by Gasteiger charge is 2.24. The van der Waals surface area contributed by atoms with E-state index in [1.165, 1.54) is 18.4 Å². The van der Waals surface area contributed by atoms with Gasteiger partial charge in [0.2, 0.25) is 5.91 Å². The summed E-state index contributed by atoms with van der Waals surface area (Å²) >= 11 is 0. The molecule has 0 N–H and O–H groups in total. The lowest BCUT2D eigenvalue weighted by molar-refractivity contribution is -0.134. The van der Waals surface area contributed by atoms with Crippen molar-refractivity contribution in [2.45, 2.75) is 39.0 Å². The van der Waals surface area contributed by atoms with E-state index in [9.17, 15) is 4.79 Å². The topological polar surface area (TPSA) is 20.3 Å². The fourth-order valence-electron chi connectivity index (χ4n) is 2.70. The summed E-state index contributed by atoms with van der Waals surface area (Å²) in [5.74, 6) is 0.925. The standard InChI is InChI=1S/C16H23NO/c1-13(2)16(18)17-11-7-6-10-15(12-17)14-8-4-3-5-9-14/h3-5,8-9,13,15H,6-7,10-12H2,1-2H3. The molecule has 0 radical (unpaired) electrons. The van der Waals surface area contributed by atoms with Crippen molar-refractivity contribution in [2.24, 2.45) is 5.92 Å². The summed E-state index contributed by atoms with van der Waals surface area (Å²) in [6.45, 7) is 5.80. The Hall–Kier alpha value is -1.31. The van der Waals surface area contributed by atoms with Crippen molar-refractivity contribution in [2.75, 3.05) is 13.1 Å². The predicted molar refractivity (Wildman–Crippen MR) is 74.5 cm³/mol. The molecule has 1 aliphatic rings. The highest BCUT2D eigenvalue weighted by Crippen LogP contribution is 2.26. The van der Waals surface area contributed by atoms with Crippen LogP contribution in [0.3, 0.4) is 0 Å². The summed E-state index contributed by atoms with van der Waals surface area (Å²) in [6.07, 6.45) is 3.56. The van der Waals surface area contributed by atoms with Gasteiger partial charge >= 0.3 is 0 Å². The molecule has 0 spiro atoms. The van der Waals surface area contributed by atoms with Gasteiger partial charge in [-0.3, -0.25) is 4.79 Å². The summed E-state index contributed by atoms with van der Waals surface area (Å²) in [6, 6.07) is 10.6. The maximum absolute atomic E-state index is 12.2. The maximum atomic E-state index is 12.2. The van der Waals surface area contributed by atoms with Crippen molar-refractivity contribution in [3.8, 4) is 0 Å². The highest BCUT2D eigenvalue weighted by atomic mass is 16.2. The van der Waals surface area contributed by atoms with Gasteiger partial charge in [0.05, 0.1) is 0 Å². The molecule has 1 heterocycles. The van der Waals surface area contributed by atoms with E-state index in [-0.39, 0.29) is 5.92 Å². The van der Waals surface area contributed by atoms with Gasteiger partial charge in [-0.15, -0.1) is 0 Å². The Kier molecular flexibility index (Phi) is 4.40. The molecule has 98 valence electrons. The average Bonchev–Trinajstić information content (AvgIpc) is 2.64. The number of likely N-dealkylation sites (tertiary alicyclic amines) is 1. The SMILES string of the molecule is CC(C)C(=O)N1CCCCC(c2ccccc2)C1. The molecule has 0 bridgehead atoms. The fraction of sp³-hybridized carbons (Fsp3) is 0.562. The van der Waals surface area contributed by atoms with Crippen LogP contribution in [-0.2, 0) is 4.79 Å². The lowest BCUT2D eigenvalue weighted by Gasteiger charge is -2.26. The van der Waals surface area contributed by atoms with Crippen molar-refractivity contribution in [1.29, 1.82) is 0 Å². The van der Waals surface area contributed by atoms with Crippen molar-refractivity contribution < 1.29 is 4.79 Å². The van der Waals surface area contributed by atoms with Crippen molar-refractivity contribution >= 4 is 5.91 Å². The second-order valence-corrected chi connectivity index (χ2v) is 5.54. The molecule has 1 unspecified atom stereocenters. The van der Waals surface area contributed by atoms with Gasteiger partial charge < -0.3 is 4.90 Å². The summed E-state index contributed by atoms with van der Waals surface area (Å²) in [4.78, 5) is 14.2. The molecule has 2 rings (SSSR count). The Balaban J connectivity index is 2.10. The van der Waals surface area contributed by atoms with Gasteiger partial charge in [0.25, 0.3) is 0 Å². The average molecular weight is 245 g/mol. The Morgan fingerprint density at radius 1 is 1.22 bits per heavy atom. The van der Waals surface area contributed by atoms with Crippen LogP contribution in [0.5, 0.6) is 0 Å². The second-order valence-electron chi connectivity index (χ2n) is 5.54. The lowest BCUT2D eigenvalue weighted by atomic mass is 9.94. The smallest absolute Gasteiger partial charge is 0.225 e. The fourth-order valence-corrected chi connectivity index (χ4v) is 2.70. The number of nitrogens with zero attached hydrogens (tertiary/aromatic N) is 1. The third kappa shape index (κ3) is 3.12. The van der Waals surface area contributed by atoms with E-state index >= 15 is 0 Å². The zero-order valence-electron chi connectivity index (χ0n) is 11.4. The molecular formula is C16H23NO. The largest absolute Gasteiger partial charge is 0.342 e. The summed E-state index contributed by atoms with van der Waals surface area (Å²) in [5, 5.41) is 0. The molecule has 18 heavy (non-hydrogen) atoms. The second kappa shape index (κ2) is 6.03. The van der Waals surface area contributed by atoms with Crippen molar-refractivity contribution in [3.63, 3.8) is 0 Å². The minimum absolute atomic E-state index is 0.111. The molecule has 1 atom stereocenters. The molecule has 0 aromatic heterocycles. The van der Waals surface area contributed by atoms with E-state index in [1.807, 2.05) is 13.8 Å². The summed E-state index contributed by atoms with van der Waals surface area (Å²) < 4.78 is 0. The predicted octanol–water partition coefficient (Wildman–Crippen LogP) is 3.44. The quantitative estimate of drug-likeness (QED) is 0.781. The molecule has 0 aliphatic carbocycles. The van der Waals surface area contributed by atoms with Gasteiger partial charge in [-0.1, -0.05) is 50.6 Å². The monoisotopic (exact) mass is 245 g/mol. The van der Waals surface area contributed by atoms with Gasteiger partial charge in [0.15, 0.2) is 0 Å². The van der Waals surface area contributed by atoms with E-state index in [0.717, 1.165) is 19.5 Å². The first-order chi connectivity index (χ1) is 8.68. The van der Waals surface area contributed by atoms with Gasteiger partial charge in [-0.25, -0.2) is 0 Å². The Morgan fingerprint density at radius 3 is 2.61 bits per heavy atom. The van der Waals surface area contributed by atoms with Crippen molar-refractivity contribution in [1.82, 2.24) is 4.90 Å². The van der Waals surface area contributed by atoms with Crippen LogP contribution in [-0.4, -0.2) is 23.9 Å². The van der Waals surface area contributed by atoms with Crippen molar-refractivity contribution in [3.05, 3.63) is 35.9 Å². The first-order valence-corrected chi connectivity index (χ1v) is 7.02. The number of carbonyl (C=O) groups is 1. The molecule has 2 nitrogen and oxygen atoms in total. The normalized spacial score (nSPS) is 20.8. The molecule has 2 heteroatoms. The minimum atomic E-state index is 0.111. The van der Waals surface area contributed by atoms with Crippen LogP contribution < -0.4 is 0 Å². The van der Waals surface area contributed by atoms with E-state index in [4.69, 9.17) is 0 Å². The summed E-state index contributed by atoms with van der Waals surface area (Å²) in [7, 11) is 0. The van der Waals surface area contributed by atoms with Crippen LogP contribution in [0.15, 0.2) is 30.3 Å². The molecule has 0 saturated carbocycles. The molecule has 1 amide bonds. The Bertz CT molecular complexity index is 385. The minimum Gasteiger partial charge on any atom is -0.342 e. The summed E-state index contributed by atoms with van der Waals surface area (Å²) in [5.41, 5.74) is 1.38. The molecular weight excluding hydrogens is 222 g/mol. The molecule has 1 aromatic rings. The third-order valence-corrected chi connectivity index (χ3v) is 3.75. The Morgan fingerprint density at radius 2 is 1.94 bits per heavy atom. The van der Waals surface area contributed by atoms with Gasteiger partial charge in [-0.05, 0) is 18.4 Å². The number of amides is 1. The highest BCUT2D eigenvalue weighted by molar-refractivity contribution is 5.78. The van der Waals surface area contributed by atoms with Crippen LogP contribution >= 0.6 is 0 Å². The van der Waals surface area contributed by atoms with Crippen LogP contribution in [0.2, 0.25) is 0 Å². The first kappa shape index (κ1) is 13.1. The van der Waals surface area contributed by atoms with Crippen LogP contribution in [0, 0.1) is 5.92 Å². The third-order valence-electron chi connectivity index (χ3n) is 3.75. The van der Waals surface area contributed by atoms with E-state index in [2.05, 4.69) is 35.2 Å². The lowest BCUT2D eigenvalue weighted by Crippen LogP contribution is -2.36. The van der Waals surface area contributed by atoms with E-state index < -0.39 is 0 Å². The van der Waals surface area contributed by atoms with Gasteiger partial charge in [0, 0.05) is 24.9 Å². The van der Waals surface area contributed by atoms with Crippen LogP contribution in [0.1, 0.15) is 44.6 Å². The van der Waals surface area contributed by atoms with Crippen LogP contribution in [0.4, 0.5) is 0 Å². The van der Waals surface area contributed by atoms with Gasteiger partial charge in [-0.2, -0.15) is 0 Å². The van der Waals surface area contributed by atoms with E-state index in [1.54, 1.807) is 0 Å².